The average molecular weight is 286 g/mol. The van der Waals surface area contributed by atoms with Crippen molar-refractivity contribution >= 4 is 18.0 Å². The van der Waals surface area contributed by atoms with E-state index < -0.39 is 24.0 Å². The first kappa shape index (κ1) is 16.3. The first-order valence-electron chi connectivity index (χ1n) is 6.87. The topological polar surface area (TPSA) is 105 Å². The summed E-state index contributed by atoms with van der Waals surface area (Å²) in [4.78, 5) is 33.6. The van der Waals surface area contributed by atoms with Gasteiger partial charge < -0.3 is 20.5 Å². The fourth-order valence-electron chi connectivity index (χ4n) is 2.29. The van der Waals surface area contributed by atoms with E-state index in [0.717, 1.165) is 12.8 Å². The molecular weight excluding hydrogens is 264 g/mol. The molecule has 1 aliphatic carbocycles. The zero-order valence-corrected chi connectivity index (χ0v) is 11.7. The summed E-state index contributed by atoms with van der Waals surface area (Å²) in [5.41, 5.74) is 0. The number of hydrogen-bond acceptors (Lipinski definition) is 4. The van der Waals surface area contributed by atoms with Gasteiger partial charge in [0.25, 0.3) is 0 Å². The predicted octanol–water partition coefficient (Wildman–Crippen LogP) is 0.882. The largest absolute Gasteiger partial charge is 0.480 e. The van der Waals surface area contributed by atoms with Crippen molar-refractivity contribution < 1.29 is 24.2 Å². The lowest BCUT2D eigenvalue weighted by molar-refractivity contribution is -0.147. The van der Waals surface area contributed by atoms with Crippen LogP contribution in [0.5, 0.6) is 0 Å². The lowest BCUT2D eigenvalue weighted by atomic mass is 9.89. The Kier molecular flexibility index (Phi) is 6.83. The summed E-state index contributed by atoms with van der Waals surface area (Å²) >= 11 is 0. The molecule has 0 bridgehead atoms. The summed E-state index contributed by atoms with van der Waals surface area (Å²) in [5, 5.41) is 13.9. The van der Waals surface area contributed by atoms with Gasteiger partial charge >= 0.3 is 18.0 Å². The molecule has 114 valence electrons. The van der Waals surface area contributed by atoms with Crippen LogP contribution in [0, 0.1) is 5.92 Å². The lowest BCUT2D eigenvalue weighted by Gasteiger charge is -2.22. The smallest absolute Gasteiger partial charge is 0.326 e. The van der Waals surface area contributed by atoms with Crippen molar-refractivity contribution in [2.24, 2.45) is 5.92 Å². The van der Waals surface area contributed by atoms with Crippen LogP contribution in [-0.4, -0.2) is 42.8 Å². The Labute approximate surface area is 118 Å². The molecule has 7 heteroatoms. The van der Waals surface area contributed by atoms with E-state index in [1.54, 1.807) is 0 Å². The average Bonchev–Trinajstić information content (AvgIpc) is 2.45. The third-order valence-electron chi connectivity index (χ3n) is 3.48. The molecule has 7 nitrogen and oxygen atoms in total. The lowest BCUT2D eigenvalue weighted by Crippen LogP contribution is -2.48. The number of carboxylic acid groups (broad SMARTS) is 1. The minimum Gasteiger partial charge on any atom is -0.480 e. The number of methoxy groups -OCH3 is 1. The van der Waals surface area contributed by atoms with Crippen LogP contribution in [0.4, 0.5) is 4.79 Å². The molecule has 1 atom stereocenters. The Hall–Kier alpha value is -1.79. The van der Waals surface area contributed by atoms with Crippen molar-refractivity contribution in [2.75, 3.05) is 13.7 Å². The van der Waals surface area contributed by atoms with Crippen LogP contribution in [0.25, 0.3) is 0 Å². The molecule has 0 heterocycles. The summed E-state index contributed by atoms with van der Waals surface area (Å²) < 4.78 is 4.39. The molecule has 0 aromatic heterocycles. The van der Waals surface area contributed by atoms with Crippen molar-refractivity contribution in [3.05, 3.63) is 0 Å². The van der Waals surface area contributed by atoms with Gasteiger partial charge in [0.05, 0.1) is 13.5 Å². The summed E-state index contributed by atoms with van der Waals surface area (Å²) in [5.74, 6) is -1.48. The van der Waals surface area contributed by atoms with Crippen LogP contribution < -0.4 is 10.6 Å². The maximum atomic E-state index is 11.6. The fraction of sp³-hybridized carbons (Fsp3) is 0.769. The molecule has 20 heavy (non-hydrogen) atoms. The maximum Gasteiger partial charge on any atom is 0.326 e. The number of hydrogen-bond donors (Lipinski definition) is 3. The van der Waals surface area contributed by atoms with E-state index in [9.17, 15) is 14.4 Å². The molecule has 0 aliphatic heterocycles. The van der Waals surface area contributed by atoms with Crippen LogP contribution in [0.3, 0.4) is 0 Å². The van der Waals surface area contributed by atoms with Gasteiger partial charge in [-0.25, -0.2) is 9.59 Å². The number of urea groups is 1. The van der Waals surface area contributed by atoms with Crippen LogP contribution >= 0.6 is 0 Å². The third kappa shape index (κ3) is 5.90. The second-order valence-corrected chi connectivity index (χ2v) is 5.03. The van der Waals surface area contributed by atoms with Gasteiger partial charge in [0.15, 0.2) is 0 Å². The highest BCUT2D eigenvalue weighted by molar-refractivity contribution is 5.86. The molecule has 0 unspecified atom stereocenters. The second kappa shape index (κ2) is 8.39. The standard InChI is InChI=1S/C13H22N2O5/c1-20-11(16)7-10(12(17)18)15-13(19)14-8-9-5-3-2-4-6-9/h9-10H,2-8H2,1H3,(H,17,18)(H2,14,15,19)/t10-/m0/s1. The van der Waals surface area contributed by atoms with Crippen molar-refractivity contribution in [2.45, 2.75) is 44.6 Å². The summed E-state index contributed by atoms with van der Waals surface area (Å²) in [7, 11) is 1.17. The highest BCUT2D eigenvalue weighted by Crippen LogP contribution is 2.22. The number of carbonyl (C=O) groups is 3. The number of amides is 2. The molecule has 1 rings (SSSR count). The highest BCUT2D eigenvalue weighted by atomic mass is 16.5. The molecule has 2 amide bonds. The summed E-state index contributed by atoms with van der Waals surface area (Å²) in [6.07, 6.45) is 5.38. The van der Waals surface area contributed by atoms with E-state index in [1.807, 2.05) is 0 Å². The fourth-order valence-corrected chi connectivity index (χ4v) is 2.29. The highest BCUT2D eigenvalue weighted by Gasteiger charge is 2.24. The van der Waals surface area contributed by atoms with Crippen molar-refractivity contribution in [3.8, 4) is 0 Å². The zero-order chi connectivity index (χ0) is 15.0. The number of carboxylic acids is 1. The quantitative estimate of drug-likeness (QED) is 0.629. The minimum absolute atomic E-state index is 0.386. The predicted molar refractivity (Wildman–Crippen MR) is 71.2 cm³/mol. The van der Waals surface area contributed by atoms with Gasteiger partial charge in [-0.2, -0.15) is 0 Å². The molecule has 0 spiro atoms. The summed E-state index contributed by atoms with van der Waals surface area (Å²) in [6.45, 7) is 0.538. The monoisotopic (exact) mass is 286 g/mol. The van der Waals surface area contributed by atoms with Gasteiger partial charge in [0.1, 0.15) is 6.04 Å². The molecule has 0 radical (unpaired) electrons. The molecule has 1 saturated carbocycles. The van der Waals surface area contributed by atoms with Crippen LogP contribution in [0.2, 0.25) is 0 Å². The number of nitrogens with one attached hydrogen (secondary N) is 2. The number of carbonyl (C=O) groups excluding carboxylic acids is 2. The van der Waals surface area contributed by atoms with Crippen LogP contribution in [0.15, 0.2) is 0 Å². The molecule has 1 fully saturated rings. The molecule has 3 N–H and O–H groups in total. The number of aliphatic carboxylic acids is 1. The minimum atomic E-state index is -1.27. The Morgan fingerprint density at radius 1 is 1.25 bits per heavy atom. The molecule has 0 aromatic carbocycles. The van der Waals surface area contributed by atoms with Gasteiger partial charge in [-0.3, -0.25) is 4.79 Å². The van der Waals surface area contributed by atoms with Crippen molar-refractivity contribution in [1.82, 2.24) is 10.6 Å². The van der Waals surface area contributed by atoms with Gasteiger partial charge in [-0.05, 0) is 18.8 Å². The van der Waals surface area contributed by atoms with E-state index in [1.165, 1.54) is 26.4 Å². The zero-order valence-electron chi connectivity index (χ0n) is 11.7. The van der Waals surface area contributed by atoms with Crippen LogP contribution in [-0.2, 0) is 14.3 Å². The maximum absolute atomic E-state index is 11.6. The Morgan fingerprint density at radius 2 is 1.90 bits per heavy atom. The second-order valence-electron chi connectivity index (χ2n) is 5.03. The Balaban J connectivity index is 2.33. The van der Waals surface area contributed by atoms with Crippen molar-refractivity contribution in [3.63, 3.8) is 0 Å². The summed E-state index contributed by atoms with van der Waals surface area (Å²) in [6, 6.07) is -1.83. The van der Waals surface area contributed by atoms with E-state index in [-0.39, 0.29) is 6.42 Å². The van der Waals surface area contributed by atoms with E-state index >= 15 is 0 Å². The van der Waals surface area contributed by atoms with Crippen molar-refractivity contribution in [1.29, 1.82) is 0 Å². The number of esters is 1. The molecule has 0 aromatic rings. The van der Waals surface area contributed by atoms with E-state index in [4.69, 9.17) is 5.11 Å². The van der Waals surface area contributed by atoms with Gasteiger partial charge in [0.2, 0.25) is 0 Å². The van der Waals surface area contributed by atoms with Gasteiger partial charge in [-0.1, -0.05) is 19.3 Å². The normalized spacial score (nSPS) is 17.1. The Morgan fingerprint density at radius 3 is 2.45 bits per heavy atom. The molecule has 1 aliphatic rings. The first-order chi connectivity index (χ1) is 9.52. The molecular formula is C13H22N2O5. The van der Waals surface area contributed by atoms with E-state index in [2.05, 4.69) is 15.4 Å². The number of ether oxygens (including phenoxy) is 1. The van der Waals surface area contributed by atoms with Crippen LogP contribution in [0.1, 0.15) is 38.5 Å². The first-order valence-corrected chi connectivity index (χ1v) is 6.87. The Bertz CT molecular complexity index is 353. The van der Waals surface area contributed by atoms with Gasteiger partial charge in [-0.15, -0.1) is 0 Å². The van der Waals surface area contributed by atoms with E-state index in [0.29, 0.717) is 12.5 Å². The SMILES string of the molecule is COC(=O)C[C@H](NC(=O)NCC1CCCCC1)C(=O)O. The molecule has 0 saturated heterocycles. The van der Waals surface area contributed by atoms with Gasteiger partial charge in [0, 0.05) is 6.54 Å². The number of rotatable bonds is 6. The third-order valence-corrected chi connectivity index (χ3v) is 3.48.